The molecule has 3 atom stereocenters. The number of fused-ring (bicyclic) bond motifs is 1. The van der Waals surface area contributed by atoms with Crippen molar-refractivity contribution < 1.29 is 23.9 Å². The van der Waals surface area contributed by atoms with Crippen LogP contribution in [0.1, 0.15) is 45.4 Å². The van der Waals surface area contributed by atoms with Crippen molar-refractivity contribution in [3.8, 4) is 0 Å². The van der Waals surface area contributed by atoms with Crippen molar-refractivity contribution in [3.05, 3.63) is 12.2 Å². The number of carbonyl (C=O) groups is 3. The summed E-state index contributed by atoms with van der Waals surface area (Å²) in [4.78, 5) is 38.2. The summed E-state index contributed by atoms with van der Waals surface area (Å²) in [7, 11) is 0. The van der Waals surface area contributed by atoms with Crippen LogP contribution in [0.4, 0.5) is 0 Å². The Labute approximate surface area is 129 Å². The Bertz CT molecular complexity index is 529. The minimum atomic E-state index is -0.878. The van der Waals surface area contributed by atoms with Gasteiger partial charge < -0.3 is 14.4 Å². The van der Waals surface area contributed by atoms with E-state index in [1.54, 1.807) is 17.9 Å². The van der Waals surface area contributed by atoms with Crippen molar-refractivity contribution in [1.82, 2.24) is 4.90 Å². The van der Waals surface area contributed by atoms with Crippen LogP contribution in [0, 0.1) is 0 Å². The Morgan fingerprint density at radius 2 is 2.23 bits per heavy atom. The fourth-order valence-corrected chi connectivity index (χ4v) is 3.91. The zero-order valence-electron chi connectivity index (χ0n) is 12.7. The molecular weight excluding hydrogens is 286 g/mol. The van der Waals surface area contributed by atoms with Crippen molar-refractivity contribution in [2.24, 2.45) is 0 Å². The summed E-state index contributed by atoms with van der Waals surface area (Å²) in [5.74, 6) is -0.744. The fourth-order valence-electron chi connectivity index (χ4n) is 3.91. The topological polar surface area (TPSA) is 72.9 Å². The molecule has 3 rings (SSSR count). The highest BCUT2D eigenvalue weighted by Crippen LogP contribution is 2.43. The van der Waals surface area contributed by atoms with Gasteiger partial charge in [0.05, 0.1) is 12.6 Å². The van der Waals surface area contributed by atoms with E-state index in [1.807, 2.05) is 0 Å². The van der Waals surface area contributed by atoms with E-state index in [9.17, 15) is 14.4 Å². The van der Waals surface area contributed by atoms with Gasteiger partial charge in [0.1, 0.15) is 11.6 Å². The van der Waals surface area contributed by atoms with E-state index in [0.717, 1.165) is 12.8 Å². The Balaban J connectivity index is 1.93. The second kappa shape index (κ2) is 5.74. The van der Waals surface area contributed by atoms with E-state index in [2.05, 4.69) is 0 Å². The number of esters is 2. The molecule has 3 aliphatic heterocycles. The predicted molar refractivity (Wildman–Crippen MR) is 76.7 cm³/mol. The minimum absolute atomic E-state index is 0.0376. The molecule has 0 aliphatic carbocycles. The maximum atomic E-state index is 12.6. The van der Waals surface area contributed by atoms with Gasteiger partial charge in [-0.1, -0.05) is 0 Å². The number of rotatable bonds is 3. The number of hydrogen-bond acceptors (Lipinski definition) is 5. The van der Waals surface area contributed by atoms with Crippen LogP contribution in [0.25, 0.3) is 0 Å². The number of ether oxygens (including phenoxy) is 2. The number of carbonyl (C=O) groups excluding carboxylic acids is 3. The smallest absolute Gasteiger partial charge is 0.332 e. The molecule has 6 heteroatoms. The Hall–Kier alpha value is -1.85. The molecule has 0 radical (unpaired) electrons. The SMILES string of the molecule is CCOC(=O)[C@]12CCCCC(=O)N1C(C1C=CC(=O)O1)CC2. The molecule has 0 bridgehead atoms. The summed E-state index contributed by atoms with van der Waals surface area (Å²) in [5, 5.41) is 0. The number of cyclic esters (lactones) is 1. The van der Waals surface area contributed by atoms with Crippen molar-refractivity contribution in [1.29, 1.82) is 0 Å². The zero-order valence-corrected chi connectivity index (χ0v) is 12.7. The molecule has 0 aromatic carbocycles. The van der Waals surface area contributed by atoms with Gasteiger partial charge >= 0.3 is 11.9 Å². The van der Waals surface area contributed by atoms with Gasteiger partial charge in [-0.25, -0.2) is 9.59 Å². The monoisotopic (exact) mass is 307 g/mol. The first-order valence-electron chi connectivity index (χ1n) is 7.97. The van der Waals surface area contributed by atoms with Crippen LogP contribution < -0.4 is 0 Å². The minimum Gasteiger partial charge on any atom is -0.464 e. The Morgan fingerprint density at radius 1 is 1.41 bits per heavy atom. The molecule has 120 valence electrons. The summed E-state index contributed by atoms with van der Waals surface area (Å²) in [6.07, 6.45) is 6.50. The fraction of sp³-hybridized carbons (Fsp3) is 0.688. The third-order valence-corrected chi connectivity index (χ3v) is 4.86. The molecule has 0 spiro atoms. The first-order chi connectivity index (χ1) is 10.6. The molecular formula is C16H21NO5. The predicted octanol–water partition coefficient (Wildman–Crippen LogP) is 1.33. The maximum Gasteiger partial charge on any atom is 0.332 e. The summed E-state index contributed by atoms with van der Waals surface area (Å²) in [6, 6.07) is -0.266. The normalized spacial score (nSPS) is 34.3. The molecule has 2 saturated heterocycles. The second-order valence-corrected chi connectivity index (χ2v) is 6.09. The van der Waals surface area contributed by atoms with Crippen molar-refractivity contribution >= 4 is 17.8 Å². The molecule has 2 fully saturated rings. The zero-order chi connectivity index (χ0) is 15.7. The van der Waals surface area contributed by atoms with E-state index < -0.39 is 11.6 Å². The summed E-state index contributed by atoms with van der Waals surface area (Å²) in [5.41, 5.74) is -0.878. The van der Waals surface area contributed by atoms with E-state index in [-0.39, 0.29) is 23.9 Å². The van der Waals surface area contributed by atoms with Gasteiger partial charge in [0.15, 0.2) is 0 Å². The van der Waals surface area contributed by atoms with Gasteiger partial charge in [0, 0.05) is 12.5 Å². The van der Waals surface area contributed by atoms with Crippen molar-refractivity contribution in [2.75, 3.05) is 6.61 Å². The highest BCUT2D eigenvalue weighted by atomic mass is 16.6. The molecule has 2 unspecified atom stereocenters. The lowest BCUT2D eigenvalue weighted by atomic mass is 9.91. The summed E-state index contributed by atoms with van der Waals surface area (Å²) in [6.45, 7) is 2.07. The molecule has 6 nitrogen and oxygen atoms in total. The average molecular weight is 307 g/mol. The molecule has 3 aliphatic rings. The van der Waals surface area contributed by atoms with Gasteiger partial charge in [0.25, 0.3) is 0 Å². The van der Waals surface area contributed by atoms with Crippen LogP contribution >= 0.6 is 0 Å². The largest absolute Gasteiger partial charge is 0.464 e. The van der Waals surface area contributed by atoms with Gasteiger partial charge in [-0.15, -0.1) is 0 Å². The third kappa shape index (κ3) is 2.30. The summed E-state index contributed by atoms with van der Waals surface area (Å²) >= 11 is 0. The number of amides is 1. The van der Waals surface area contributed by atoms with E-state index >= 15 is 0 Å². The first kappa shape index (κ1) is 15.1. The van der Waals surface area contributed by atoms with Crippen LogP contribution in [0.5, 0.6) is 0 Å². The van der Waals surface area contributed by atoms with Gasteiger partial charge in [0.2, 0.25) is 5.91 Å². The Kier molecular flexibility index (Phi) is 3.93. The van der Waals surface area contributed by atoms with Crippen LogP contribution in [0.15, 0.2) is 12.2 Å². The molecule has 1 amide bonds. The molecule has 0 aromatic heterocycles. The second-order valence-electron chi connectivity index (χ2n) is 6.09. The van der Waals surface area contributed by atoms with E-state index in [0.29, 0.717) is 32.3 Å². The highest BCUT2D eigenvalue weighted by molar-refractivity contribution is 5.90. The first-order valence-corrected chi connectivity index (χ1v) is 7.97. The Morgan fingerprint density at radius 3 is 2.91 bits per heavy atom. The van der Waals surface area contributed by atoms with Crippen molar-refractivity contribution in [2.45, 2.75) is 63.1 Å². The molecule has 0 saturated carbocycles. The van der Waals surface area contributed by atoms with Crippen LogP contribution in [0.3, 0.4) is 0 Å². The van der Waals surface area contributed by atoms with E-state index in [1.165, 1.54) is 6.08 Å². The van der Waals surface area contributed by atoms with E-state index in [4.69, 9.17) is 9.47 Å². The van der Waals surface area contributed by atoms with Gasteiger partial charge in [-0.3, -0.25) is 4.79 Å². The number of hydrogen-bond donors (Lipinski definition) is 0. The van der Waals surface area contributed by atoms with Crippen LogP contribution in [0.2, 0.25) is 0 Å². The molecule has 3 heterocycles. The third-order valence-electron chi connectivity index (χ3n) is 4.86. The lowest BCUT2D eigenvalue weighted by Gasteiger charge is -2.38. The molecule has 0 aromatic rings. The highest BCUT2D eigenvalue weighted by Gasteiger charge is 2.57. The lowest BCUT2D eigenvalue weighted by Crippen LogP contribution is -2.57. The standard InChI is InChI=1S/C16H21NO5/c1-2-21-15(20)16-9-4-3-5-13(18)17(16)11(8-10-16)12-6-7-14(19)22-12/h6-7,11-12H,2-5,8-10H2,1H3/t11?,12?,16-/m1/s1. The quantitative estimate of drug-likeness (QED) is 0.736. The average Bonchev–Trinajstić information content (AvgIpc) is 3.04. The lowest BCUT2D eigenvalue weighted by molar-refractivity contribution is -0.165. The molecule has 22 heavy (non-hydrogen) atoms. The van der Waals surface area contributed by atoms with Crippen LogP contribution in [-0.4, -0.2) is 47.0 Å². The molecule has 0 N–H and O–H groups in total. The van der Waals surface area contributed by atoms with Gasteiger partial charge in [-0.2, -0.15) is 0 Å². The number of nitrogens with zero attached hydrogens (tertiary/aromatic N) is 1. The summed E-state index contributed by atoms with van der Waals surface area (Å²) < 4.78 is 10.5. The maximum absolute atomic E-state index is 12.6. The van der Waals surface area contributed by atoms with Gasteiger partial charge in [-0.05, 0) is 45.1 Å². The van der Waals surface area contributed by atoms with Crippen molar-refractivity contribution in [3.63, 3.8) is 0 Å². The van der Waals surface area contributed by atoms with Crippen LogP contribution in [-0.2, 0) is 23.9 Å².